The first-order valence-corrected chi connectivity index (χ1v) is 6.82. The third kappa shape index (κ3) is 4.08. The van der Waals surface area contributed by atoms with E-state index in [1.165, 1.54) is 18.2 Å². The summed E-state index contributed by atoms with van der Waals surface area (Å²) >= 11 is 5.84. The molecule has 2 rings (SSSR count). The number of ether oxygens (including phenoxy) is 1. The number of nitrogens with zero attached hydrogens (tertiary/aromatic N) is 1. The maximum atomic E-state index is 10.9. The van der Waals surface area contributed by atoms with Crippen molar-refractivity contribution >= 4 is 17.3 Å². The van der Waals surface area contributed by atoms with E-state index in [2.05, 4.69) is 5.32 Å². The fourth-order valence-electron chi connectivity index (χ4n) is 2.26. The Morgan fingerprint density at radius 2 is 2.16 bits per heavy atom. The molecule has 1 aliphatic heterocycles. The number of benzene rings is 1. The Bertz CT molecular complexity index is 448. The molecule has 1 aromatic rings. The molecule has 0 atom stereocenters. The zero-order valence-electron chi connectivity index (χ0n) is 10.6. The normalized spacial score (nSPS) is 16.3. The van der Waals surface area contributed by atoms with Crippen molar-refractivity contribution < 1.29 is 9.66 Å². The zero-order valence-corrected chi connectivity index (χ0v) is 11.4. The number of nitro groups is 1. The van der Waals surface area contributed by atoms with Crippen LogP contribution in [0.15, 0.2) is 18.2 Å². The third-order valence-corrected chi connectivity index (χ3v) is 3.60. The molecule has 0 bridgehead atoms. The van der Waals surface area contributed by atoms with E-state index in [0.29, 0.717) is 17.5 Å². The van der Waals surface area contributed by atoms with E-state index in [-0.39, 0.29) is 11.4 Å². The van der Waals surface area contributed by atoms with Crippen molar-refractivity contribution in [3.8, 4) is 5.75 Å². The minimum absolute atomic E-state index is 0.0327. The van der Waals surface area contributed by atoms with E-state index in [0.717, 1.165) is 32.4 Å². The van der Waals surface area contributed by atoms with Gasteiger partial charge in [-0.3, -0.25) is 10.1 Å². The third-order valence-electron chi connectivity index (χ3n) is 3.36. The van der Waals surface area contributed by atoms with Gasteiger partial charge in [-0.05, 0) is 44.3 Å². The first kappa shape index (κ1) is 14.1. The van der Waals surface area contributed by atoms with Gasteiger partial charge in [0.1, 0.15) is 0 Å². The van der Waals surface area contributed by atoms with Crippen LogP contribution in [0.5, 0.6) is 5.75 Å². The Morgan fingerprint density at radius 3 is 2.84 bits per heavy atom. The fraction of sp³-hybridized carbons (Fsp3) is 0.538. The summed E-state index contributed by atoms with van der Waals surface area (Å²) in [6.45, 7) is 2.58. The van der Waals surface area contributed by atoms with Crippen molar-refractivity contribution in [3.05, 3.63) is 33.3 Å². The summed E-state index contributed by atoms with van der Waals surface area (Å²) in [7, 11) is 0. The Morgan fingerprint density at radius 1 is 1.42 bits per heavy atom. The van der Waals surface area contributed by atoms with Gasteiger partial charge in [-0.2, -0.15) is 0 Å². The van der Waals surface area contributed by atoms with E-state index in [9.17, 15) is 10.1 Å². The number of nitro benzene ring substituents is 1. The topological polar surface area (TPSA) is 64.4 Å². The van der Waals surface area contributed by atoms with Gasteiger partial charge in [-0.15, -0.1) is 0 Å². The van der Waals surface area contributed by atoms with Gasteiger partial charge in [-0.25, -0.2) is 0 Å². The van der Waals surface area contributed by atoms with Gasteiger partial charge >= 0.3 is 5.69 Å². The highest BCUT2D eigenvalue weighted by Crippen LogP contribution is 2.30. The monoisotopic (exact) mass is 284 g/mol. The summed E-state index contributed by atoms with van der Waals surface area (Å²) in [4.78, 5) is 10.4. The summed E-state index contributed by atoms with van der Waals surface area (Å²) in [5, 5.41) is 14.6. The Kier molecular flexibility index (Phi) is 4.99. The minimum atomic E-state index is -0.448. The Balaban J connectivity index is 1.91. The van der Waals surface area contributed by atoms with Crippen molar-refractivity contribution in [2.75, 3.05) is 19.7 Å². The van der Waals surface area contributed by atoms with Gasteiger partial charge in [0.15, 0.2) is 5.75 Å². The molecule has 1 fully saturated rings. The number of hydrogen-bond acceptors (Lipinski definition) is 4. The first-order chi connectivity index (χ1) is 9.16. The van der Waals surface area contributed by atoms with Gasteiger partial charge < -0.3 is 10.1 Å². The second kappa shape index (κ2) is 6.73. The highest BCUT2D eigenvalue weighted by molar-refractivity contribution is 6.30. The summed E-state index contributed by atoms with van der Waals surface area (Å²) in [5.74, 6) is 0.894. The van der Waals surface area contributed by atoms with Gasteiger partial charge in [-0.1, -0.05) is 11.6 Å². The van der Waals surface area contributed by atoms with Crippen LogP contribution >= 0.6 is 11.6 Å². The molecule has 1 aliphatic rings. The first-order valence-electron chi connectivity index (χ1n) is 6.44. The van der Waals surface area contributed by atoms with Crippen LogP contribution < -0.4 is 10.1 Å². The summed E-state index contributed by atoms with van der Waals surface area (Å²) in [6, 6.07) is 4.38. The smallest absolute Gasteiger partial charge is 0.311 e. The predicted octanol–water partition coefficient (Wildman–Crippen LogP) is 3.02. The SMILES string of the molecule is O=[N+]([O-])c1ccc(Cl)cc1OCCC1CCNCC1. The highest BCUT2D eigenvalue weighted by Gasteiger charge is 2.17. The van der Waals surface area contributed by atoms with Crippen molar-refractivity contribution in [1.29, 1.82) is 0 Å². The van der Waals surface area contributed by atoms with Crippen LogP contribution in [0, 0.1) is 16.0 Å². The molecule has 5 nitrogen and oxygen atoms in total. The molecular formula is C13H17ClN2O3. The quantitative estimate of drug-likeness (QED) is 0.667. The van der Waals surface area contributed by atoms with Gasteiger partial charge in [0, 0.05) is 17.2 Å². The number of piperidine rings is 1. The van der Waals surface area contributed by atoms with Crippen LogP contribution in [0.25, 0.3) is 0 Å². The van der Waals surface area contributed by atoms with Crippen molar-refractivity contribution in [3.63, 3.8) is 0 Å². The minimum Gasteiger partial charge on any atom is -0.487 e. The van der Waals surface area contributed by atoms with Crippen molar-refractivity contribution in [1.82, 2.24) is 5.32 Å². The van der Waals surface area contributed by atoms with E-state index in [1.807, 2.05) is 0 Å². The van der Waals surface area contributed by atoms with Crippen LogP contribution in [-0.4, -0.2) is 24.6 Å². The molecule has 0 aliphatic carbocycles. The number of nitrogens with one attached hydrogen (secondary N) is 1. The summed E-state index contributed by atoms with van der Waals surface area (Å²) < 4.78 is 5.54. The molecule has 1 aromatic carbocycles. The second-order valence-electron chi connectivity index (χ2n) is 4.70. The number of hydrogen-bond donors (Lipinski definition) is 1. The largest absolute Gasteiger partial charge is 0.487 e. The van der Waals surface area contributed by atoms with E-state index in [1.54, 1.807) is 0 Å². The van der Waals surface area contributed by atoms with Gasteiger partial charge in [0.2, 0.25) is 0 Å². The zero-order chi connectivity index (χ0) is 13.7. The van der Waals surface area contributed by atoms with Crippen LogP contribution in [-0.2, 0) is 0 Å². The second-order valence-corrected chi connectivity index (χ2v) is 5.14. The van der Waals surface area contributed by atoms with Crippen molar-refractivity contribution in [2.24, 2.45) is 5.92 Å². The Hall–Kier alpha value is -1.33. The molecule has 19 heavy (non-hydrogen) atoms. The molecule has 0 amide bonds. The lowest BCUT2D eigenvalue weighted by atomic mass is 9.95. The fourth-order valence-corrected chi connectivity index (χ4v) is 2.42. The lowest BCUT2D eigenvalue weighted by Crippen LogP contribution is -2.28. The molecule has 1 saturated heterocycles. The van der Waals surface area contributed by atoms with E-state index in [4.69, 9.17) is 16.3 Å². The maximum absolute atomic E-state index is 10.9. The molecule has 0 radical (unpaired) electrons. The van der Waals surface area contributed by atoms with E-state index >= 15 is 0 Å². The van der Waals surface area contributed by atoms with Gasteiger partial charge in [0.05, 0.1) is 11.5 Å². The average molecular weight is 285 g/mol. The molecule has 104 valence electrons. The highest BCUT2D eigenvalue weighted by atomic mass is 35.5. The molecular weight excluding hydrogens is 268 g/mol. The molecule has 0 aromatic heterocycles. The van der Waals surface area contributed by atoms with Crippen LogP contribution in [0.1, 0.15) is 19.3 Å². The number of rotatable bonds is 5. The summed E-state index contributed by atoms with van der Waals surface area (Å²) in [6.07, 6.45) is 3.20. The maximum Gasteiger partial charge on any atom is 0.311 e. The average Bonchev–Trinajstić information content (AvgIpc) is 2.39. The predicted molar refractivity (Wildman–Crippen MR) is 73.8 cm³/mol. The van der Waals surface area contributed by atoms with Crippen molar-refractivity contribution in [2.45, 2.75) is 19.3 Å². The molecule has 0 spiro atoms. The molecule has 6 heteroatoms. The van der Waals surface area contributed by atoms with Crippen LogP contribution in [0.4, 0.5) is 5.69 Å². The van der Waals surface area contributed by atoms with Gasteiger partial charge in [0.25, 0.3) is 0 Å². The molecule has 1 N–H and O–H groups in total. The standard InChI is InChI=1S/C13H17ClN2O3/c14-11-1-2-12(16(17)18)13(9-11)19-8-5-10-3-6-15-7-4-10/h1-2,9-10,15H,3-8H2. The summed E-state index contributed by atoms with van der Waals surface area (Å²) in [5.41, 5.74) is -0.0327. The molecule has 0 saturated carbocycles. The van der Waals surface area contributed by atoms with E-state index < -0.39 is 4.92 Å². The Labute approximate surface area is 117 Å². The van der Waals surface area contributed by atoms with Crippen LogP contribution in [0.3, 0.4) is 0 Å². The lowest BCUT2D eigenvalue weighted by Gasteiger charge is -2.22. The number of halogens is 1. The lowest BCUT2D eigenvalue weighted by molar-refractivity contribution is -0.385. The molecule has 1 heterocycles. The molecule has 0 unspecified atom stereocenters. The van der Waals surface area contributed by atoms with Crippen LogP contribution in [0.2, 0.25) is 5.02 Å².